The van der Waals surface area contributed by atoms with Crippen molar-refractivity contribution < 1.29 is 4.42 Å². The summed E-state index contributed by atoms with van der Waals surface area (Å²) in [7, 11) is 1.97. The molecule has 0 saturated heterocycles. The summed E-state index contributed by atoms with van der Waals surface area (Å²) in [5, 5.41) is 11.4. The smallest absolute Gasteiger partial charge is 0.317 e. The molecule has 0 radical (unpaired) electrons. The molecular formula is C15H22N4O. The molecule has 0 aliphatic heterocycles. The van der Waals surface area contributed by atoms with Crippen LogP contribution in [0.5, 0.6) is 0 Å². The number of anilines is 1. The second-order valence-corrected chi connectivity index (χ2v) is 4.81. The van der Waals surface area contributed by atoms with Gasteiger partial charge in [0.05, 0.1) is 6.54 Å². The summed E-state index contributed by atoms with van der Waals surface area (Å²) >= 11 is 0. The van der Waals surface area contributed by atoms with E-state index in [0.717, 1.165) is 25.9 Å². The maximum absolute atomic E-state index is 5.62. The molecule has 0 bridgehead atoms. The minimum absolute atomic E-state index is 0.578. The Hall–Kier alpha value is -1.88. The minimum Gasteiger partial charge on any atom is -0.407 e. The third-order valence-corrected chi connectivity index (χ3v) is 3.06. The molecule has 0 spiro atoms. The van der Waals surface area contributed by atoms with E-state index >= 15 is 0 Å². The van der Waals surface area contributed by atoms with Gasteiger partial charge < -0.3 is 14.6 Å². The van der Waals surface area contributed by atoms with Gasteiger partial charge in [-0.15, -0.1) is 5.10 Å². The zero-order valence-corrected chi connectivity index (χ0v) is 12.2. The summed E-state index contributed by atoms with van der Waals surface area (Å²) in [4.78, 5) is 1.99. The fraction of sp³-hybridized carbons (Fsp3) is 0.467. The predicted octanol–water partition coefficient (Wildman–Crippen LogP) is 2.25. The largest absolute Gasteiger partial charge is 0.407 e. The molecule has 0 aliphatic carbocycles. The van der Waals surface area contributed by atoms with Gasteiger partial charge in [0.25, 0.3) is 0 Å². The normalized spacial score (nSPS) is 10.7. The SMILES string of the molecule is CCCNCc1nnc(N(C)CCc2ccccc2)o1. The van der Waals surface area contributed by atoms with Gasteiger partial charge in [-0.05, 0) is 24.9 Å². The molecule has 5 nitrogen and oxygen atoms in total. The molecule has 1 aromatic heterocycles. The highest BCUT2D eigenvalue weighted by molar-refractivity contribution is 5.24. The molecule has 1 N–H and O–H groups in total. The zero-order valence-electron chi connectivity index (χ0n) is 12.2. The zero-order chi connectivity index (χ0) is 14.2. The Kier molecular flexibility index (Phi) is 5.55. The maximum Gasteiger partial charge on any atom is 0.317 e. The van der Waals surface area contributed by atoms with E-state index in [2.05, 4.69) is 46.7 Å². The summed E-state index contributed by atoms with van der Waals surface area (Å²) in [6, 6.07) is 11.0. The molecule has 1 heterocycles. The number of aromatic nitrogens is 2. The molecule has 0 unspecified atom stereocenters. The monoisotopic (exact) mass is 274 g/mol. The van der Waals surface area contributed by atoms with Crippen LogP contribution in [0.3, 0.4) is 0 Å². The lowest BCUT2D eigenvalue weighted by molar-refractivity contribution is 0.465. The van der Waals surface area contributed by atoms with Crippen LogP contribution < -0.4 is 10.2 Å². The van der Waals surface area contributed by atoms with Gasteiger partial charge in [0.1, 0.15) is 0 Å². The minimum atomic E-state index is 0.578. The van der Waals surface area contributed by atoms with Crippen molar-refractivity contribution in [2.24, 2.45) is 0 Å². The summed E-state index contributed by atoms with van der Waals surface area (Å²) in [6.45, 7) is 4.58. The summed E-state index contributed by atoms with van der Waals surface area (Å²) < 4.78 is 5.62. The molecule has 0 aliphatic rings. The first kappa shape index (κ1) is 14.5. The lowest BCUT2D eigenvalue weighted by Crippen LogP contribution is -2.20. The Bertz CT molecular complexity index is 498. The number of likely N-dealkylation sites (N-methyl/N-ethyl adjacent to an activating group) is 1. The third-order valence-electron chi connectivity index (χ3n) is 3.06. The van der Waals surface area contributed by atoms with Gasteiger partial charge in [0, 0.05) is 13.6 Å². The van der Waals surface area contributed by atoms with Gasteiger partial charge in [-0.1, -0.05) is 42.4 Å². The van der Waals surface area contributed by atoms with Crippen molar-refractivity contribution >= 4 is 6.01 Å². The molecule has 5 heteroatoms. The van der Waals surface area contributed by atoms with E-state index in [9.17, 15) is 0 Å². The molecule has 2 rings (SSSR count). The Morgan fingerprint density at radius 1 is 1.20 bits per heavy atom. The van der Waals surface area contributed by atoms with E-state index in [4.69, 9.17) is 4.42 Å². The fourth-order valence-corrected chi connectivity index (χ4v) is 1.88. The summed E-state index contributed by atoms with van der Waals surface area (Å²) in [5.74, 6) is 0.639. The number of benzene rings is 1. The Morgan fingerprint density at radius 2 is 2.00 bits per heavy atom. The van der Waals surface area contributed by atoms with Crippen molar-refractivity contribution in [3.05, 3.63) is 41.8 Å². The average molecular weight is 274 g/mol. The molecule has 2 aromatic rings. The number of hydrogen-bond acceptors (Lipinski definition) is 5. The van der Waals surface area contributed by atoms with Crippen LogP contribution in [0, 0.1) is 0 Å². The van der Waals surface area contributed by atoms with Crippen LogP contribution in [-0.4, -0.2) is 30.3 Å². The Labute approximate surface area is 120 Å². The van der Waals surface area contributed by atoms with Crippen LogP contribution >= 0.6 is 0 Å². The van der Waals surface area contributed by atoms with Gasteiger partial charge in [0.15, 0.2) is 0 Å². The third kappa shape index (κ3) is 4.35. The number of rotatable bonds is 8. The average Bonchev–Trinajstić information content (AvgIpc) is 2.95. The van der Waals surface area contributed by atoms with E-state index in [1.54, 1.807) is 0 Å². The van der Waals surface area contributed by atoms with Crippen LogP contribution in [0.2, 0.25) is 0 Å². The molecule has 0 atom stereocenters. The Morgan fingerprint density at radius 3 is 2.75 bits per heavy atom. The van der Waals surface area contributed by atoms with Gasteiger partial charge in [0.2, 0.25) is 5.89 Å². The van der Waals surface area contributed by atoms with Crippen molar-refractivity contribution in [1.82, 2.24) is 15.5 Å². The molecule has 1 aromatic carbocycles. The highest BCUT2D eigenvalue weighted by Crippen LogP contribution is 2.11. The van der Waals surface area contributed by atoms with Crippen molar-refractivity contribution in [3.8, 4) is 0 Å². The van der Waals surface area contributed by atoms with E-state index in [-0.39, 0.29) is 0 Å². The van der Waals surface area contributed by atoms with E-state index in [0.29, 0.717) is 18.5 Å². The quantitative estimate of drug-likeness (QED) is 0.748. The van der Waals surface area contributed by atoms with E-state index in [1.807, 2.05) is 18.0 Å². The van der Waals surface area contributed by atoms with Gasteiger partial charge >= 0.3 is 6.01 Å². The molecule has 20 heavy (non-hydrogen) atoms. The second-order valence-electron chi connectivity index (χ2n) is 4.81. The van der Waals surface area contributed by atoms with Gasteiger partial charge in [-0.3, -0.25) is 0 Å². The number of nitrogens with one attached hydrogen (secondary N) is 1. The van der Waals surface area contributed by atoms with Gasteiger partial charge in [-0.2, -0.15) is 0 Å². The van der Waals surface area contributed by atoms with Crippen LogP contribution in [0.25, 0.3) is 0 Å². The second kappa shape index (κ2) is 7.65. The van der Waals surface area contributed by atoms with Crippen molar-refractivity contribution in [2.75, 3.05) is 25.0 Å². The first-order valence-corrected chi connectivity index (χ1v) is 7.07. The van der Waals surface area contributed by atoms with Crippen LogP contribution in [0.4, 0.5) is 6.01 Å². The van der Waals surface area contributed by atoms with Crippen molar-refractivity contribution in [2.45, 2.75) is 26.3 Å². The maximum atomic E-state index is 5.62. The van der Waals surface area contributed by atoms with Crippen molar-refractivity contribution in [3.63, 3.8) is 0 Å². The van der Waals surface area contributed by atoms with Crippen LogP contribution in [-0.2, 0) is 13.0 Å². The van der Waals surface area contributed by atoms with Gasteiger partial charge in [-0.25, -0.2) is 0 Å². The molecule has 0 amide bonds. The van der Waals surface area contributed by atoms with E-state index < -0.39 is 0 Å². The van der Waals surface area contributed by atoms with Crippen molar-refractivity contribution in [1.29, 1.82) is 0 Å². The number of hydrogen-bond donors (Lipinski definition) is 1. The lowest BCUT2D eigenvalue weighted by Gasteiger charge is -2.13. The van der Waals surface area contributed by atoms with E-state index in [1.165, 1.54) is 5.56 Å². The standard InChI is InChI=1S/C15H22N4O/c1-3-10-16-12-14-17-18-15(20-14)19(2)11-9-13-7-5-4-6-8-13/h4-8,16H,3,9-12H2,1-2H3. The lowest BCUT2D eigenvalue weighted by atomic mass is 10.1. The summed E-state index contributed by atoms with van der Waals surface area (Å²) in [6.07, 6.45) is 2.06. The highest BCUT2D eigenvalue weighted by Gasteiger charge is 2.10. The van der Waals surface area contributed by atoms with Crippen LogP contribution in [0.15, 0.2) is 34.7 Å². The van der Waals surface area contributed by atoms with Crippen LogP contribution in [0.1, 0.15) is 24.8 Å². The molecule has 0 saturated carbocycles. The first-order valence-electron chi connectivity index (χ1n) is 7.07. The molecular weight excluding hydrogens is 252 g/mol. The number of nitrogens with zero attached hydrogens (tertiary/aromatic N) is 3. The summed E-state index contributed by atoms with van der Waals surface area (Å²) in [5.41, 5.74) is 1.31. The highest BCUT2D eigenvalue weighted by atomic mass is 16.4. The molecule has 0 fully saturated rings. The molecule has 108 valence electrons. The topological polar surface area (TPSA) is 54.2 Å². The first-order chi connectivity index (χ1) is 9.79. The Balaban J connectivity index is 1.81. The predicted molar refractivity (Wildman–Crippen MR) is 79.7 cm³/mol. The fourth-order valence-electron chi connectivity index (χ4n) is 1.88.